The van der Waals surface area contributed by atoms with Gasteiger partial charge in [-0.05, 0) is 60.9 Å². The van der Waals surface area contributed by atoms with Crippen LogP contribution in [0.25, 0.3) is 6.08 Å². The molecule has 1 aromatic heterocycles. The molecule has 2 aromatic carbocycles. The Morgan fingerprint density at radius 1 is 1.03 bits per heavy atom. The van der Waals surface area contributed by atoms with E-state index in [0.717, 1.165) is 37.6 Å². The van der Waals surface area contributed by atoms with E-state index in [0.29, 0.717) is 11.4 Å². The summed E-state index contributed by atoms with van der Waals surface area (Å²) in [5.41, 5.74) is 7.75. The number of nitrogen functional groups attached to an aromatic ring is 1. The lowest BCUT2D eigenvalue weighted by Gasteiger charge is -2.19. The average Bonchev–Trinajstić information content (AvgIpc) is 3.19. The van der Waals surface area contributed by atoms with Crippen LogP contribution in [-0.4, -0.2) is 38.9 Å². The number of aromatic nitrogens is 2. The molecule has 0 spiro atoms. The van der Waals surface area contributed by atoms with Gasteiger partial charge in [0.25, 0.3) is 11.5 Å². The molecule has 1 aliphatic heterocycles. The predicted octanol–water partition coefficient (Wildman–Crippen LogP) is 2.65. The molecule has 0 aliphatic carbocycles. The van der Waals surface area contributed by atoms with E-state index in [2.05, 4.69) is 4.99 Å². The zero-order valence-corrected chi connectivity index (χ0v) is 22.5. The van der Waals surface area contributed by atoms with Gasteiger partial charge in [-0.2, -0.15) is 0 Å². The molecule has 0 saturated heterocycles. The number of anilines is 2. The number of nitrogens with zero attached hydrogens (tertiary/aromatic N) is 4. The fourth-order valence-electron chi connectivity index (χ4n) is 4.08. The lowest BCUT2D eigenvalue weighted by Crippen LogP contribution is -2.42. The van der Waals surface area contributed by atoms with Crippen LogP contribution in [0.1, 0.15) is 27.0 Å². The maximum absolute atomic E-state index is 13.5. The van der Waals surface area contributed by atoms with Crippen molar-refractivity contribution in [2.24, 2.45) is 19.1 Å². The first-order chi connectivity index (χ1) is 18.0. The van der Waals surface area contributed by atoms with E-state index in [1.807, 2.05) is 44.2 Å². The van der Waals surface area contributed by atoms with E-state index < -0.39 is 17.0 Å². The highest BCUT2D eigenvalue weighted by Crippen LogP contribution is 2.31. The van der Waals surface area contributed by atoms with Gasteiger partial charge in [0.1, 0.15) is 22.8 Å². The third-order valence-corrected chi connectivity index (χ3v) is 6.97. The van der Waals surface area contributed by atoms with E-state index in [9.17, 15) is 19.2 Å². The molecular weight excluding hydrogens is 506 g/mol. The second-order valence-corrected chi connectivity index (χ2v) is 9.80. The summed E-state index contributed by atoms with van der Waals surface area (Å²) < 4.78 is 7.08. The number of ketones is 1. The van der Waals surface area contributed by atoms with Crippen LogP contribution in [0.4, 0.5) is 11.5 Å². The van der Waals surface area contributed by atoms with Crippen molar-refractivity contribution in [3.63, 3.8) is 0 Å². The summed E-state index contributed by atoms with van der Waals surface area (Å²) >= 11 is 1.01. The van der Waals surface area contributed by atoms with Crippen molar-refractivity contribution >= 4 is 46.2 Å². The largest absolute Gasteiger partial charge is 0.497 e. The van der Waals surface area contributed by atoms with E-state index in [1.54, 1.807) is 25.3 Å². The molecule has 10 nitrogen and oxygen atoms in total. The summed E-state index contributed by atoms with van der Waals surface area (Å²) in [7, 11) is 4.24. The summed E-state index contributed by atoms with van der Waals surface area (Å²) in [5.74, 6) is -0.672. The van der Waals surface area contributed by atoms with Crippen LogP contribution in [0, 0.1) is 13.8 Å². The quantitative estimate of drug-likeness (QED) is 0.381. The van der Waals surface area contributed by atoms with Crippen LogP contribution < -0.4 is 26.6 Å². The van der Waals surface area contributed by atoms with Crippen molar-refractivity contribution in [3.05, 3.63) is 91.3 Å². The number of amides is 1. The number of rotatable bonds is 6. The second-order valence-electron chi connectivity index (χ2n) is 8.86. The van der Waals surface area contributed by atoms with Crippen LogP contribution in [0.2, 0.25) is 0 Å². The van der Waals surface area contributed by atoms with Crippen LogP contribution in [-0.2, 0) is 18.9 Å². The molecule has 0 fully saturated rings. The van der Waals surface area contributed by atoms with E-state index in [-0.39, 0.29) is 33.9 Å². The third-order valence-electron chi connectivity index (χ3n) is 6.03. The number of benzene rings is 2. The van der Waals surface area contributed by atoms with Crippen LogP contribution in [0.3, 0.4) is 0 Å². The van der Waals surface area contributed by atoms with Crippen molar-refractivity contribution in [3.8, 4) is 5.75 Å². The number of carbonyl (C=O) groups excluding carboxylic acids is 2. The van der Waals surface area contributed by atoms with Crippen molar-refractivity contribution in [2.45, 2.75) is 13.8 Å². The minimum atomic E-state index is -0.771. The Balaban J connectivity index is 1.71. The normalized spacial score (nSPS) is 14.2. The lowest BCUT2D eigenvalue weighted by atomic mass is 10.1. The Hall–Kier alpha value is -4.38. The monoisotopic (exact) mass is 533 g/mol. The van der Waals surface area contributed by atoms with Crippen molar-refractivity contribution in [2.75, 3.05) is 23.5 Å². The van der Waals surface area contributed by atoms with Gasteiger partial charge in [0.2, 0.25) is 0 Å². The first kappa shape index (κ1) is 26.7. The highest BCUT2D eigenvalue weighted by molar-refractivity contribution is 8.14. The number of Topliss-reactive ketones (excluding diaryl/α,β-unsaturated/α-hetero) is 1. The molecule has 0 saturated carbocycles. The number of thioether (sulfide) groups is 1. The number of carbonyl (C=O) groups is 2. The number of amidine groups is 1. The van der Waals surface area contributed by atoms with Crippen LogP contribution in [0.15, 0.2) is 62.7 Å². The Labute approximate surface area is 223 Å². The summed E-state index contributed by atoms with van der Waals surface area (Å²) in [4.78, 5) is 57.4. The maximum Gasteiger partial charge on any atom is 0.332 e. The molecule has 2 heterocycles. The highest BCUT2D eigenvalue weighted by atomic mass is 32.2. The zero-order chi connectivity index (χ0) is 27.7. The molecule has 38 heavy (non-hydrogen) atoms. The molecule has 0 atom stereocenters. The molecule has 1 amide bonds. The van der Waals surface area contributed by atoms with Gasteiger partial charge in [-0.25, -0.2) is 9.79 Å². The minimum absolute atomic E-state index is 0.196. The molecule has 0 radical (unpaired) electrons. The second kappa shape index (κ2) is 10.5. The molecular formula is C27H27N5O5S. The van der Waals surface area contributed by atoms with Gasteiger partial charge in [0.05, 0.1) is 18.6 Å². The number of aliphatic imine (C=N–C) groups is 1. The first-order valence-electron chi connectivity index (χ1n) is 11.6. The molecule has 0 bridgehead atoms. The van der Waals surface area contributed by atoms with E-state index in [1.165, 1.54) is 19.0 Å². The number of hydrogen-bond acceptors (Lipinski definition) is 8. The van der Waals surface area contributed by atoms with Crippen LogP contribution in [0.5, 0.6) is 5.75 Å². The maximum atomic E-state index is 13.5. The third kappa shape index (κ3) is 5.05. The average molecular weight is 534 g/mol. The predicted molar refractivity (Wildman–Crippen MR) is 150 cm³/mol. The fourth-order valence-corrected chi connectivity index (χ4v) is 4.97. The van der Waals surface area contributed by atoms with Gasteiger partial charge < -0.3 is 10.5 Å². The Kier molecular flexibility index (Phi) is 7.40. The molecule has 4 rings (SSSR count). The topological polar surface area (TPSA) is 129 Å². The molecule has 0 unspecified atom stereocenters. The van der Waals surface area contributed by atoms with Gasteiger partial charge >= 0.3 is 5.69 Å². The summed E-state index contributed by atoms with van der Waals surface area (Å²) in [6, 6.07) is 12.9. The van der Waals surface area contributed by atoms with Crippen molar-refractivity contribution in [1.82, 2.24) is 9.13 Å². The SMILES string of the molecule is COc1ccc(/C=C2/N=C(SCC(=O)c3c(N)n(C)c(=O)n(C)c3=O)N(c3cc(C)cc(C)c3)C2=O)cc1. The number of nitrogens with two attached hydrogens (primary N) is 1. The summed E-state index contributed by atoms with van der Waals surface area (Å²) in [6.45, 7) is 3.85. The summed E-state index contributed by atoms with van der Waals surface area (Å²) in [6.07, 6.45) is 1.66. The number of hydrogen-bond donors (Lipinski definition) is 1. The first-order valence-corrected chi connectivity index (χ1v) is 12.6. The van der Waals surface area contributed by atoms with Gasteiger partial charge in [-0.3, -0.25) is 28.4 Å². The number of ether oxygens (including phenoxy) is 1. The molecule has 11 heteroatoms. The molecule has 2 N–H and O–H groups in total. The number of methoxy groups -OCH3 is 1. The highest BCUT2D eigenvalue weighted by Gasteiger charge is 2.33. The standard InChI is InChI=1S/C27H27N5O5S/c1-15-10-16(2)12-18(11-15)32-24(34)20(13-17-6-8-19(37-5)9-7-17)29-26(32)38-14-21(33)22-23(28)30(3)27(36)31(4)25(22)35/h6-13H,14,28H2,1-5H3/b20-13+. The number of aryl methyl sites for hydroxylation is 2. The molecule has 196 valence electrons. The van der Waals surface area contributed by atoms with Crippen molar-refractivity contribution < 1.29 is 14.3 Å². The van der Waals surface area contributed by atoms with Gasteiger partial charge in [-0.1, -0.05) is 30.0 Å². The fraction of sp³-hybridized carbons (Fsp3) is 0.222. The molecule has 1 aliphatic rings. The smallest absolute Gasteiger partial charge is 0.332 e. The summed E-state index contributed by atoms with van der Waals surface area (Å²) in [5, 5.41) is 0.285. The van der Waals surface area contributed by atoms with Crippen LogP contribution >= 0.6 is 11.8 Å². The minimum Gasteiger partial charge on any atom is -0.497 e. The lowest BCUT2D eigenvalue weighted by molar-refractivity contribution is -0.113. The zero-order valence-electron chi connectivity index (χ0n) is 21.6. The Bertz CT molecular complexity index is 1610. The van der Waals surface area contributed by atoms with E-state index in [4.69, 9.17) is 10.5 Å². The molecule has 3 aromatic rings. The Morgan fingerprint density at radius 3 is 2.26 bits per heavy atom. The van der Waals surface area contributed by atoms with Gasteiger partial charge in [0, 0.05) is 14.1 Å². The van der Waals surface area contributed by atoms with Gasteiger partial charge in [-0.15, -0.1) is 0 Å². The van der Waals surface area contributed by atoms with Gasteiger partial charge in [0.15, 0.2) is 11.0 Å². The van der Waals surface area contributed by atoms with E-state index >= 15 is 0 Å². The Morgan fingerprint density at radius 2 is 1.66 bits per heavy atom. The van der Waals surface area contributed by atoms with Crippen molar-refractivity contribution in [1.29, 1.82) is 0 Å².